The van der Waals surface area contributed by atoms with Crippen molar-refractivity contribution in [2.24, 2.45) is 5.10 Å². The Hall–Kier alpha value is -2.73. The van der Waals surface area contributed by atoms with Crippen LogP contribution in [0.3, 0.4) is 0 Å². The number of carbonyl (C=O) groups is 1. The van der Waals surface area contributed by atoms with Gasteiger partial charge in [-0.15, -0.1) is 0 Å². The van der Waals surface area contributed by atoms with Gasteiger partial charge in [-0.2, -0.15) is 5.10 Å². The lowest BCUT2D eigenvalue weighted by molar-refractivity contribution is -0.121. The predicted octanol–water partition coefficient (Wildman–Crippen LogP) is 3.29. The average Bonchev–Trinajstić information content (AvgIpc) is 2.86. The highest BCUT2D eigenvalue weighted by Crippen LogP contribution is 2.17. The van der Waals surface area contributed by atoms with Crippen molar-refractivity contribution in [2.75, 3.05) is 0 Å². The number of halogens is 2. The maximum atomic E-state index is 13.6. The van der Waals surface area contributed by atoms with E-state index in [0.717, 1.165) is 16.9 Å². The summed E-state index contributed by atoms with van der Waals surface area (Å²) in [5.41, 5.74) is 4.19. The molecule has 0 unspecified atom stereocenters. The van der Waals surface area contributed by atoms with Gasteiger partial charge >= 0.3 is 0 Å². The van der Waals surface area contributed by atoms with E-state index in [4.69, 9.17) is 11.6 Å². The number of imidazole rings is 1. The molecule has 0 saturated carbocycles. The van der Waals surface area contributed by atoms with Crippen LogP contribution in [0.2, 0.25) is 5.02 Å². The zero-order chi connectivity index (χ0) is 17.1. The summed E-state index contributed by atoms with van der Waals surface area (Å²) in [6, 6.07) is 11.9. The minimum atomic E-state index is -0.503. The second-order valence-electron chi connectivity index (χ2n) is 5.16. The SMILES string of the molecule is Cc1nc2ccccc2n1CC(=O)N/N=C\c1c(F)cccc1Cl. The molecule has 1 heterocycles. The Balaban J connectivity index is 1.72. The van der Waals surface area contributed by atoms with Gasteiger partial charge in [-0.3, -0.25) is 4.79 Å². The maximum Gasteiger partial charge on any atom is 0.260 e. The van der Waals surface area contributed by atoms with Gasteiger partial charge in [-0.25, -0.2) is 14.8 Å². The molecule has 0 atom stereocenters. The second-order valence-corrected chi connectivity index (χ2v) is 5.57. The fourth-order valence-corrected chi connectivity index (χ4v) is 2.59. The first-order chi connectivity index (χ1) is 11.6. The Morgan fingerprint density at radius 2 is 2.12 bits per heavy atom. The van der Waals surface area contributed by atoms with E-state index in [9.17, 15) is 9.18 Å². The lowest BCUT2D eigenvalue weighted by Gasteiger charge is -2.05. The standard InChI is InChI=1S/C17H14ClFN4O/c1-11-21-15-7-2-3-8-16(15)23(11)10-17(24)22-20-9-12-13(18)5-4-6-14(12)19/h2-9H,10H2,1H3,(H,22,24)/b20-9-. The van der Waals surface area contributed by atoms with E-state index in [2.05, 4.69) is 15.5 Å². The van der Waals surface area contributed by atoms with Crippen LogP contribution in [0.25, 0.3) is 11.0 Å². The van der Waals surface area contributed by atoms with Crippen molar-refractivity contribution in [1.82, 2.24) is 15.0 Å². The van der Waals surface area contributed by atoms with E-state index < -0.39 is 5.82 Å². The van der Waals surface area contributed by atoms with Crippen LogP contribution in [-0.4, -0.2) is 21.7 Å². The zero-order valence-electron chi connectivity index (χ0n) is 12.8. The maximum absolute atomic E-state index is 13.6. The van der Waals surface area contributed by atoms with Crippen molar-refractivity contribution in [3.8, 4) is 0 Å². The fraction of sp³-hybridized carbons (Fsp3) is 0.118. The van der Waals surface area contributed by atoms with Crippen LogP contribution in [0.4, 0.5) is 4.39 Å². The molecule has 0 fully saturated rings. The number of aromatic nitrogens is 2. The second kappa shape index (κ2) is 6.80. The highest BCUT2D eigenvalue weighted by Gasteiger charge is 2.10. The number of hydrogen-bond donors (Lipinski definition) is 1. The molecule has 0 radical (unpaired) electrons. The number of hydrazone groups is 1. The van der Waals surface area contributed by atoms with Crippen molar-refractivity contribution in [2.45, 2.75) is 13.5 Å². The molecule has 122 valence electrons. The molecular weight excluding hydrogens is 331 g/mol. The molecule has 0 aliphatic rings. The van der Waals surface area contributed by atoms with Gasteiger partial charge in [0.2, 0.25) is 0 Å². The molecule has 3 aromatic rings. The molecule has 0 bridgehead atoms. The molecule has 1 amide bonds. The molecule has 0 spiro atoms. The van der Waals surface area contributed by atoms with Gasteiger partial charge in [0.15, 0.2) is 0 Å². The third-order valence-electron chi connectivity index (χ3n) is 3.53. The van der Waals surface area contributed by atoms with Gasteiger partial charge in [-0.1, -0.05) is 29.8 Å². The molecule has 0 aliphatic carbocycles. The van der Waals surface area contributed by atoms with E-state index in [1.807, 2.05) is 31.2 Å². The van der Waals surface area contributed by atoms with Crippen LogP contribution in [0.5, 0.6) is 0 Å². The summed E-state index contributed by atoms with van der Waals surface area (Å²) in [6.45, 7) is 1.89. The van der Waals surface area contributed by atoms with E-state index in [-0.39, 0.29) is 23.0 Å². The van der Waals surface area contributed by atoms with Crippen LogP contribution >= 0.6 is 11.6 Å². The number of aryl methyl sites for hydroxylation is 1. The lowest BCUT2D eigenvalue weighted by atomic mass is 10.2. The molecular formula is C17H14ClFN4O. The minimum absolute atomic E-state index is 0.0642. The molecule has 2 aromatic carbocycles. The summed E-state index contributed by atoms with van der Waals surface area (Å²) in [4.78, 5) is 16.5. The third kappa shape index (κ3) is 3.28. The summed E-state index contributed by atoms with van der Waals surface area (Å²) >= 11 is 5.89. The Kier molecular flexibility index (Phi) is 4.57. The van der Waals surface area contributed by atoms with Gasteiger partial charge in [0.25, 0.3) is 5.91 Å². The lowest BCUT2D eigenvalue weighted by Crippen LogP contribution is -2.23. The predicted molar refractivity (Wildman–Crippen MR) is 91.6 cm³/mol. The van der Waals surface area contributed by atoms with Crippen molar-refractivity contribution >= 4 is 34.8 Å². The topological polar surface area (TPSA) is 59.3 Å². The molecule has 1 aromatic heterocycles. The molecule has 24 heavy (non-hydrogen) atoms. The van der Waals surface area contributed by atoms with Gasteiger partial charge in [-0.05, 0) is 31.2 Å². The largest absolute Gasteiger partial charge is 0.319 e. The number of amides is 1. The molecule has 0 saturated heterocycles. The van der Waals surface area contributed by atoms with Crippen LogP contribution in [-0.2, 0) is 11.3 Å². The van der Waals surface area contributed by atoms with E-state index in [1.165, 1.54) is 18.3 Å². The number of nitrogens with one attached hydrogen (secondary N) is 1. The summed E-state index contributed by atoms with van der Waals surface area (Å²) in [6.07, 6.45) is 1.19. The Morgan fingerprint density at radius 3 is 2.92 bits per heavy atom. The highest BCUT2D eigenvalue weighted by atomic mass is 35.5. The third-order valence-corrected chi connectivity index (χ3v) is 3.86. The first-order valence-corrected chi connectivity index (χ1v) is 7.62. The number of benzene rings is 2. The number of hydrogen-bond acceptors (Lipinski definition) is 3. The fourth-order valence-electron chi connectivity index (χ4n) is 2.38. The van der Waals surface area contributed by atoms with E-state index in [1.54, 1.807) is 10.6 Å². The van der Waals surface area contributed by atoms with Crippen LogP contribution < -0.4 is 5.43 Å². The molecule has 5 nitrogen and oxygen atoms in total. The number of para-hydroxylation sites is 2. The summed E-state index contributed by atoms with van der Waals surface area (Å²) in [5.74, 6) is -0.116. The van der Waals surface area contributed by atoms with Crippen molar-refractivity contribution in [3.05, 3.63) is 64.7 Å². The highest BCUT2D eigenvalue weighted by molar-refractivity contribution is 6.33. The minimum Gasteiger partial charge on any atom is -0.319 e. The Bertz CT molecular complexity index is 915. The van der Waals surface area contributed by atoms with E-state index in [0.29, 0.717) is 0 Å². The van der Waals surface area contributed by atoms with E-state index >= 15 is 0 Å². The summed E-state index contributed by atoms with van der Waals surface area (Å²) in [7, 11) is 0. The molecule has 0 aliphatic heterocycles. The first kappa shape index (κ1) is 16.1. The molecule has 3 rings (SSSR count). The summed E-state index contributed by atoms with van der Waals surface area (Å²) < 4.78 is 15.4. The van der Waals surface area contributed by atoms with Crippen molar-refractivity contribution in [3.63, 3.8) is 0 Å². The Labute approximate surface area is 142 Å². The number of rotatable bonds is 4. The van der Waals surface area contributed by atoms with Gasteiger partial charge in [0.1, 0.15) is 18.2 Å². The summed E-state index contributed by atoms with van der Waals surface area (Å²) in [5, 5.41) is 4.00. The molecule has 7 heteroatoms. The smallest absolute Gasteiger partial charge is 0.260 e. The monoisotopic (exact) mass is 344 g/mol. The van der Waals surface area contributed by atoms with Gasteiger partial charge in [0, 0.05) is 5.56 Å². The number of fused-ring (bicyclic) bond motifs is 1. The first-order valence-electron chi connectivity index (χ1n) is 7.24. The van der Waals surface area contributed by atoms with Crippen molar-refractivity contribution in [1.29, 1.82) is 0 Å². The number of nitrogens with zero attached hydrogens (tertiary/aromatic N) is 3. The van der Waals surface area contributed by atoms with Gasteiger partial charge < -0.3 is 4.57 Å². The normalized spacial score (nSPS) is 11.3. The zero-order valence-corrected chi connectivity index (χ0v) is 13.6. The number of carbonyl (C=O) groups excluding carboxylic acids is 1. The van der Waals surface area contributed by atoms with Crippen LogP contribution in [0.1, 0.15) is 11.4 Å². The van der Waals surface area contributed by atoms with Crippen molar-refractivity contribution < 1.29 is 9.18 Å². The quantitative estimate of drug-likeness (QED) is 0.583. The average molecular weight is 345 g/mol. The van der Waals surface area contributed by atoms with Gasteiger partial charge in [0.05, 0.1) is 22.3 Å². The Morgan fingerprint density at radius 1 is 1.33 bits per heavy atom. The molecule has 1 N–H and O–H groups in total. The van der Waals surface area contributed by atoms with Crippen LogP contribution in [0.15, 0.2) is 47.6 Å². The van der Waals surface area contributed by atoms with Crippen LogP contribution in [0, 0.1) is 12.7 Å².